The summed E-state index contributed by atoms with van der Waals surface area (Å²) in [5.74, 6) is 0.432. The molecular weight excluding hydrogens is 356 g/mol. The van der Waals surface area contributed by atoms with Gasteiger partial charge in [-0.2, -0.15) is 0 Å². The Bertz CT molecular complexity index is 884. The molecule has 146 valence electrons. The molecule has 7 heteroatoms. The van der Waals surface area contributed by atoms with Gasteiger partial charge in [-0.3, -0.25) is 14.6 Å². The largest absolute Gasteiger partial charge is 0.468 e. The van der Waals surface area contributed by atoms with Crippen molar-refractivity contribution < 1.29 is 14.0 Å². The Morgan fingerprint density at radius 2 is 1.82 bits per heavy atom. The van der Waals surface area contributed by atoms with Crippen molar-refractivity contribution in [2.45, 2.75) is 24.2 Å². The maximum atomic E-state index is 13.3. The summed E-state index contributed by atoms with van der Waals surface area (Å²) in [7, 11) is 3.39. The van der Waals surface area contributed by atoms with Crippen LogP contribution in [0.15, 0.2) is 53.1 Å². The van der Waals surface area contributed by atoms with Crippen molar-refractivity contribution in [1.82, 2.24) is 20.0 Å². The number of fused-ring (bicyclic) bond motifs is 3. The van der Waals surface area contributed by atoms with E-state index >= 15 is 0 Å². The summed E-state index contributed by atoms with van der Waals surface area (Å²) in [6.45, 7) is 1.61. The lowest BCUT2D eigenvalue weighted by Gasteiger charge is -2.44. The van der Waals surface area contributed by atoms with Crippen LogP contribution in [0.5, 0.6) is 0 Å². The summed E-state index contributed by atoms with van der Waals surface area (Å²) >= 11 is 0. The smallest absolute Gasteiger partial charge is 0.326 e. The molecule has 5 rings (SSSR count). The quantitative estimate of drug-likeness (QED) is 0.861. The summed E-state index contributed by atoms with van der Waals surface area (Å²) < 4.78 is 5.72. The van der Waals surface area contributed by atoms with E-state index in [1.165, 1.54) is 4.90 Å². The van der Waals surface area contributed by atoms with Gasteiger partial charge in [-0.25, -0.2) is 4.79 Å². The Labute approximate surface area is 163 Å². The number of hydrogen-bond donors (Lipinski definition) is 1. The van der Waals surface area contributed by atoms with Crippen LogP contribution in [0.1, 0.15) is 23.4 Å². The second-order valence-corrected chi connectivity index (χ2v) is 7.84. The molecule has 7 nitrogen and oxygen atoms in total. The first-order chi connectivity index (χ1) is 13.6. The van der Waals surface area contributed by atoms with Crippen LogP contribution in [0, 0.1) is 5.92 Å². The number of urea groups is 1. The number of carbonyl (C=O) groups is 2. The molecule has 0 saturated carbocycles. The van der Waals surface area contributed by atoms with Crippen LogP contribution in [0.3, 0.4) is 0 Å². The van der Waals surface area contributed by atoms with Crippen molar-refractivity contribution in [1.29, 1.82) is 0 Å². The van der Waals surface area contributed by atoms with Crippen molar-refractivity contribution in [3.8, 4) is 0 Å². The fourth-order valence-corrected chi connectivity index (χ4v) is 5.35. The fourth-order valence-electron chi connectivity index (χ4n) is 5.35. The Balaban J connectivity index is 1.66. The summed E-state index contributed by atoms with van der Waals surface area (Å²) in [6.07, 6.45) is 1.67. The van der Waals surface area contributed by atoms with Crippen LogP contribution in [-0.2, 0) is 4.79 Å². The van der Waals surface area contributed by atoms with Gasteiger partial charge in [0.25, 0.3) is 0 Å². The predicted molar refractivity (Wildman–Crippen MR) is 102 cm³/mol. The molecule has 0 spiro atoms. The molecule has 28 heavy (non-hydrogen) atoms. The van der Waals surface area contributed by atoms with E-state index in [-0.39, 0.29) is 42.0 Å². The van der Waals surface area contributed by atoms with Crippen molar-refractivity contribution in [3.05, 3.63) is 60.1 Å². The fraction of sp³-hybridized carbons (Fsp3) is 0.429. The van der Waals surface area contributed by atoms with E-state index in [0.717, 1.165) is 24.4 Å². The van der Waals surface area contributed by atoms with E-state index in [1.54, 1.807) is 18.2 Å². The first kappa shape index (κ1) is 17.5. The number of furan rings is 1. The number of piperazine rings is 1. The van der Waals surface area contributed by atoms with Crippen molar-refractivity contribution in [2.75, 3.05) is 27.2 Å². The van der Waals surface area contributed by atoms with Gasteiger partial charge in [0.1, 0.15) is 5.76 Å². The number of amides is 3. The monoisotopic (exact) mass is 380 g/mol. The highest BCUT2D eigenvalue weighted by atomic mass is 16.3. The molecule has 0 radical (unpaired) electrons. The van der Waals surface area contributed by atoms with Gasteiger partial charge in [0, 0.05) is 33.2 Å². The van der Waals surface area contributed by atoms with Crippen LogP contribution < -0.4 is 5.32 Å². The number of nitrogens with one attached hydrogen (secondary N) is 1. The molecule has 4 heterocycles. The molecule has 3 saturated heterocycles. The molecule has 3 amide bonds. The van der Waals surface area contributed by atoms with E-state index in [1.807, 2.05) is 37.4 Å². The maximum absolute atomic E-state index is 13.3. The van der Waals surface area contributed by atoms with Crippen LogP contribution in [0.25, 0.3) is 0 Å². The molecule has 3 aliphatic rings. The standard InChI is InChI=1S/C21H24N4O3/c1-23-18-15(20(26)24(2)21(23)27)17(13-7-4-3-5-8-13)25-11-10-22-16(19(18)25)14-9-6-12-28-14/h3-9,12,15-19,22H,10-11H2,1-2H3. The third-order valence-electron chi connectivity index (χ3n) is 6.52. The van der Waals surface area contributed by atoms with Crippen molar-refractivity contribution in [2.24, 2.45) is 5.92 Å². The lowest BCUT2D eigenvalue weighted by molar-refractivity contribution is -0.137. The van der Waals surface area contributed by atoms with Crippen molar-refractivity contribution in [3.63, 3.8) is 0 Å². The van der Waals surface area contributed by atoms with Crippen molar-refractivity contribution >= 4 is 11.9 Å². The zero-order valence-corrected chi connectivity index (χ0v) is 16.0. The molecule has 1 aromatic heterocycles. The average molecular weight is 380 g/mol. The van der Waals surface area contributed by atoms with E-state index in [0.29, 0.717) is 0 Å². The minimum absolute atomic E-state index is 0.0401. The summed E-state index contributed by atoms with van der Waals surface area (Å²) in [5.41, 5.74) is 1.12. The molecule has 0 aliphatic carbocycles. The van der Waals surface area contributed by atoms with Gasteiger partial charge in [-0.05, 0) is 17.7 Å². The number of imide groups is 1. The summed E-state index contributed by atoms with van der Waals surface area (Å²) in [6, 6.07) is 13.4. The second-order valence-electron chi connectivity index (χ2n) is 7.84. The van der Waals surface area contributed by atoms with Gasteiger partial charge in [0.15, 0.2) is 0 Å². The van der Waals surface area contributed by atoms with E-state index in [2.05, 4.69) is 22.3 Å². The molecular formula is C21H24N4O3. The zero-order valence-electron chi connectivity index (χ0n) is 16.0. The lowest BCUT2D eigenvalue weighted by atomic mass is 9.84. The zero-order chi connectivity index (χ0) is 19.4. The van der Waals surface area contributed by atoms with Gasteiger partial charge in [-0.15, -0.1) is 0 Å². The third kappa shape index (κ3) is 2.36. The average Bonchev–Trinajstić information content (AvgIpc) is 3.37. The normalized spacial score (nSPS) is 33.1. The molecule has 1 N–H and O–H groups in total. The Morgan fingerprint density at radius 1 is 1.04 bits per heavy atom. The molecule has 3 aliphatic heterocycles. The maximum Gasteiger partial charge on any atom is 0.326 e. The van der Waals surface area contributed by atoms with Gasteiger partial charge in [0.05, 0.1) is 30.3 Å². The number of benzene rings is 1. The van der Waals surface area contributed by atoms with Gasteiger partial charge in [0.2, 0.25) is 5.91 Å². The number of nitrogens with zero attached hydrogens (tertiary/aromatic N) is 3. The van der Waals surface area contributed by atoms with Crippen LogP contribution in [-0.4, -0.2) is 65.9 Å². The van der Waals surface area contributed by atoms with Crippen LogP contribution >= 0.6 is 0 Å². The highest BCUT2D eigenvalue weighted by Crippen LogP contribution is 2.50. The first-order valence-electron chi connectivity index (χ1n) is 9.71. The Hall–Kier alpha value is -2.64. The molecule has 1 aromatic carbocycles. The summed E-state index contributed by atoms with van der Waals surface area (Å²) in [4.78, 5) is 31.5. The number of rotatable bonds is 2. The molecule has 0 bridgehead atoms. The SMILES string of the molecule is CN1C(=O)C2C(C3C(c4ccco4)NCCN3C2c2ccccc2)N(C)C1=O. The lowest BCUT2D eigenvalue weighted by Crippen LogP contribution is -2.63. The summed E-state index contributed by atoms with van der Waals surface area (Å²) in [5, 5.41) is 3.56. The van der Waals surface area contributed by atoms with E-state index in [9.17, 15) is 9.59 Å². The molecule has 5 unspecified atom stereocenters. The van der Waals surface area contributed by atoms with Crippen LogP contribution in [0.2, 0.25) is 0 Å². The number of likely N-dealkylation sites (N-methyl/N-ethyl adjacent to an activating group) is 1. The minimum atomic E-state index is -0.308. The highest BCUT2D eigenvalue weighted by molar-refractivity contribution is 5.99. The van der Waals surface area contributed by atoms with Crippen LogP contribution in [0.4, 0.5) is 4.79 Å². The highest BCUT2D eigenvalue weighted by Gasteiger charge is 2.61. The van der Waals surface area contributed by atoms with E-state index in [4.69, 9.17) is 4.42 Å². The van der Waals surface area contributed by atoms with Gasteiger partial charge in [-0.1, -0.05) is 30.3 Å². The second kappa shape index (κ2) is 6.46. The molecule has 3 fully saturated rings. The third-order valence-corrected chi connectivity index (χ3v) is 6.52. The van der Waals surface area contributed by atoms with Gasteiger partial charge < -0.3 is 14.6 Å². The van der Waals surface area contributed by atoms with E-state index < -0.39 is 0 Å². The molecule has 2 aromatic rings. The minimum Gasteiger partial charge on any atom is -0.468 e. The topological polar surface area (TPSA) is 69.0 Å². The van der Waals surface area contributed by atoms with Gasteiger partial charge >= 0.3 is 6.03 Å². The first-order valence-corrected chi connectivity index (χ1v) is 9.71. The predicted octanol–water partition coefficient (Wildman–Crippen LogP) is 1.86. The number of hydrogen-bond acceptors (Lipinski definition) is 5. The molecule has 5 atom stereocenters. The Morgan fingerprint density at radius 3 is 2.54 bits per heavy atom. The Kier molecular flexibility index (Phi) is 4.03. The number of carbonyl (C=O) groups excluding carboxylic acids is 2.